The fourth-order valence-electron chi connectivity index (χ4n) is 4.85. The summed E-state index contributed by atoms with van der Waals surface area (Å²) >= 11 is 0. The lowest BCUT2D eigenvalue weighted by Gasteiger charge is -2.20. The number of imidazole rings is 1. The van der Waals surface area contributed by atoms with Crippen molar-refractivity contribution in [3.63, 3.8) is 0 Å². The van der Waals surface area contributed by atoms with E-state index in [-0.39, 0.29) is 30.5 Å². The highest BCUT2D eigenvalue weighted by Gasteiger charge is 2.28. The molecule has 0 fully saturated rings. The highest BCUT2D eigenvalue weighted by Crippen LogP contribution is 2.38. The van der Waals surface area contributed by atoms with Gasteiger partial charge in [-0.3, -0.25) is 9.78 Å². The molecule has 4 aromatic rings. The Morgan fingerprint density at radius 3 is 2.62 bits per heavy atom. The number of hydrogen-bond donors (Lipinski definition) is 1. The first-order chi connectivity index (χ1) is 18.7. The normalized spacial score (nSPS) is 13.7. The van der Waals surface area contributed by atoms with Gasteiger partial charge >= 0.3 is 6.09 Å². The predicted molar refractivity (Wildman–Crippen MR) is 142 cm³/mol. The van der Waals surface area contributed by atoms with Gasteiger partial charge in [-0.15, -0.1) is 4.99 Å². The third-order valence-electron chi connectivity index (χ3n) is 6.67. The number of carbonyl (C=O) groups is 2. The molecule has 0 aliphatic carbocycles. The maximum atomic E-state index is 14.0. The van der Waals surface area contributed by atoms with Crippen LogP contribution in [0.4, 0.5) is 9.18 Å². The van der Waals surface area contributed by atoms with Crippen LogP contribution in [0.3, 0.4) is 0 Å². The van der Waals surface area contributed by atoms with Crippen LogP contribution in [0.15, 0.2) is 66.0 Å². The van der Waals surface area contributed by atoms with E-state index in [0.717, 1.165) is 22.4 Å². The Kier molecular flexibility index (Phi) is 7.02. The van der Waals surface area contributed by atoms with Gasteiger partial charge in [0.2, 0.25) is 5.62 Å². The van der Waals surface area contributed by atoms with E-state index in [1.165, 1.54) is 12.1 Å². The summed E-state index contributed by atoms with van der Waals surface area (Å²) in [7, 11) is 1.71. The average molecular weight is 530 g/mol. The molecule has 0 atom stereocenters. The van der Waals surface area contributed by atoms with Crippen molar-refractivity contribution in [3.05, 3.63) is 100 Å². The van der Waals surface area contributed by atoms with Gasteiger partial charge in [-0.2, -0.15) is 0 Å². The summed E-state index contributed by atoms with van der Waals surface area (Å²) in [6.45, 7) is 5.01. The number of halogens is 1. The Labute approximate surface area is 224 Å². The van der Waals surface area contributed by atoms with Crippen LogP contribution < -0.4 is 10.4 Å². The molecule has 10 heteroatoms. The first kappa shape index (κ1) is 25.9. The summed E-state index contributed by atoms with van der Waals surface area (Å²) in [4.78, 5) is 35.1. The Hall–Kier alpha value is -4.73. The Balaban J connectivity index is 1.63. The van der Waals surface area contributed by atoms with Gasteiger partial charge in [-0.25, -0.2) is 9.18 Å². The van der Waals surface area contributed by atoms with Crippen LogP contribution in [0.2, 0.25) is 0 Å². The second-order valence-corrected chi connectivity index (χ2v) is 9.61. The number of benzene rings is 2. The molecular formula is C29H28FN5O4. The lowest BCUT2D eigenvalue weighted by molar-refractivity contribution is 0.0740. The minimum atomic E-state index is -1.31. The number of carbonyl (C=O) groups excluding carboxylic acids is 1. The average Bonchev–Trinajstić information content (AvgIpc) is 3.12. The van der Waals surface area contributed by atoms with Gasteiger partial charge in [0.25, 0.3) is 5.91 Å². The van der Waals surface area contributed by atoms with Crippen LogP contribution in [0.25, 0.3) is 11.1 Å². The highest BCUT2D eigenvalue weighted by molar-refractivity contribution is 6.00. The van der Waals surface area contributed by atoms with Crippen molar-refractivity contribution in [1.82, 2.24) is 19.0 Å². The highest BCUT2D eigenvalue weighted by atomic mass is 19.1. The van der Waals surface area contributed by atoms with Crippen LogP contribution in [-0.2, 0) is 20.1 Å². The van der Waals surface area contributed by atoms with Crippen LogP contribution in [0, 0.1) is 19.7 Å². The number of amides is 2. The number of aromatic nitrogens is 3. The van der Waals surface area contributed by atoms with Crippen LogP contribution in [-0.4, -0.2) is 49.3 Å². The molecule has 0 bridgehead atoms. The molecule has 2 aromatic carbocycles. The first-order valence-corrected chi connectivity index (χ1v) is 12.5. The number of carboxylic acid groups (broad SMARTS) is 1. The number of ether oxygens (including phenoxy) is 1. The zero-order valence-electron chi connectivity index (χ0n) is 21.9. The van der Waals surface area contributed by atoms with Crippen molar-refractivity contribution < 1.29 is 23.8 Å². The van der Waals surface area contributed by atoms with Gasteiger partial charge in [0, 0.05) is 31.2 Å². The van der Waals surface area contributed by atoms with Gasteiger partial charge < -0.3 is 23.9 Å². The Morgan fingerprint density at radius 1 is 1.08 bits per heavy atom. The molecule has 200 valence electrons. The minimum Gasteiger partial charge on any atom is -0.490 e. The van der Waals surface area contributed by atoms with Gasteiger partial charge in [0.05, 0.1) is 30.9 Å². The van der Waals surface area contributed by atoms with E-state index in [1.807, 2.05) is 32.0 Å². The molecule has 5 rings (SSSR count). The molecule has 0 spiro atoms. The van der Waals surface area contributed by atoms with Gasteiger partial charge in [0.1, 0.15) is 18.2 Å². The predicted octanol–water partition coefficient (Wildman–Crippen LogP) is 4.31. The van der Waals surface area contributed by atoms with Crippen LogP contribution in [0.5, 0.6) is 5.75 Å². The standard InChI is InChI=1S/C29H28FN5O4/c1-18-6-7-31-22(12-18)17-34-10-11-39-26-24(23-5-4-21(30)13-19(23)2)14-20(15-25(26)27(34)36)16-35-9-8-33(3)28(35)32-29(37)38/h4-9,12-15H,10-11,16-17H2,1-3H3,(H,37,38)/b32-28+. The van der Waals surface area contributed by atoms with E-state index in [9.17, 15) is 19.1 Å². The van der Waals surface area contributed by atoms with E-state index in [4.69, 9.17) is 4.74 Å². The number of hydrogen-bond acceptors (Lipinski definition) is 4. The fraction of sp³-hybridized carbons (Fsp3) is 0.241. The van der Waals surface area contributed by atoms with E-state index < -0.39 is 6.09 Å². The molecule has 0 unspecified atom stereocenters. The number of rotatable bonds is 5. The minimum absolute atomic E-state index is 0.206. The maximum Gasteiger partial charge on any atom is 0.434 e. The molecule has 2 aromatic heterocycles. The lowest BCUT2D eigenvalue weighted by Crippen LogP contribution is -2.32. The molecule has 0 saturated carbocycles. The van der Waals surface area contributed by atoms with Gasteiger partial charge in [0.15, 0.2) is 0 Å². The zero-order chi connectivity index (χ0) is 27.7. The summed E-state index contributed by atoms with van der Waals surface area (Å²) in [6, 6.07) is 12.0. The van der Waals surface area contributed by atoms with Gasteiger partial charge in [-0.1, -0.05) is 6.07 Å². The molecular weight excluding hydrogens is 501 g/mol. The van der Waals surface area contributed by atoms with Crippen molar-refractivity contribution in [1.29, 1.82) is 0 Å². The third-order valence-corrected chi connectivity index (χ3v) is 6.67. The van der Waals surface area contributed by atoms with Crippen molar-refractivity contribution in [2.75, 3.05) is 13.2 Å². The number of aryl methyl sites for hydroxylation is 3. The summed E-state index contributed by atoms with van der Waals surface area (Å²) in [5, 5.41) is 9.24. The largest absolute Gasteiger partial charge is 0.490 e. The first-order valence-electron chi connectivity index (χ1n) is 12.5. The maximum absolute atomic E-state index is 14.0. The molecule has 1 N–H and O–H groups in total. The quantitative estimate of drug-likeness (QED) is 0.415. The zero-order valence-corrected chi connectivity index (χ0v) is 21.9. The number of nitrogens with zero attached hydrogens (tertiary/aromatic N) is 5. The number of pyridine rings is 1. The van der Waals surface area contributed by atoms with Crippen molar-refractivity contribution in [3.8, 4) is 16.9 Å². The topological polar surface area (TPSA) is 102 Å². The van der Waals surface area contributed by atoms with E-state index in [0.29, 0.717) is 35.5 Å². The second-order valence-electron chi connectivity index (χ2n) is 9.61. The smallest absolute Gasteiger partial charge is 0.434 e. The monoisotopic (exact) mass is 529 g/mol. The third kappa shape index (κ3) is 5.45. The molecule has 0 radical (unpaired) electrons. The molecule has 2 amide bonds. The Morgan fingerprint density at radius 2 is 1.87 bits per heavy atom. The van der Waals surface area contributed by atoms with Crippen molar-refractivity contribution in [2.45, 2.75) is 26.9 Å². The summed E-state index contributed by atoms with van der Waals surface area (Å²) < 4.78 is 23.4. The van der Waals surface area contributed by atoms with Crippen molar-refractivity contribution >= 4 is 12.0 Å². The number of fused-ring (bicyclic) bond motifs is 1. The fourth-order valence-corrected chi connectivity index (χ4v) is 4.85. The van der Waals surface area contributed by atoms with E-state index >= 15 is 0 Å². The summed E-state index contributed by atoms with van der Waals surface area (Å²) in [5.74, 6) is -0.124. The van der Waals surface area contributed by atoms with Gasteiger partial charge in [-0.05, 0) is 72.5 Å². The summed E-state index contributed by atoms with van der Waals surface area (Å²) in [5.41, 5.74) is 5.29. The molecule has 9 nitrogen and oxygen atoms in total. The molecule has 39 heavy (non-hydrogen) atoms. The second kappa shape index (κ2) is 10.6. The molecule has 3 heterocycles. The van der Waals surface area contributed by atoms with E-state index in [1.54, 1.807) is 51.8 Å². The molecule has 1 aliphatic heterocycles. The van der Waals surface area contributed by atoms with Crippen LogP contribution in [0.1, 0.15) is 32.7 Å². The molecule has 0 saturated heterocycles. The lowest BCUT2D eigenvalue weighted by atomic mass is 9.94. The molecule has 1 aliphatic rings. The Bertz CT molecular complexity index is 1660. The SMILES string of the molecule is Cc1ccnc(CN2CCOc3c(cc(Cn4ccn(C)/c4=N\C(=O)O)cc3-c3ccc(F)cc3C)C2=O)c1. The summed E-state index contributed by atoms with van der Waals surface area (Å²) in [6.07, 6.45) is 3.85. The van der Waals surface area contributed by atoms with Crippen molar-refractivity contribution in [2.24, 2.45) is 12.0 Å². The van der Waals surface area contributed by atoms with E-state index in [2.05, 4.69) is 9.98 Å². The van der Waals surface area contributed by atoms with Crippen LogP contribution >= 0.6 is 0 Å².